The van der Waals surface area contributed by atoms with Crippen molar-refractivity contribution in [3.63, 3.8) is 0 Å². The van der Waals surface area contributed by atoms with Crippen LogP contribution in [0.5, 0.6) is 0 Å². The Kier molecular flexibility index (Phi) is 5.27. The van der Waals surface area contributed by atoms with Crippen molar-refractivity contribution in [1.29, 1.82) is 0 Å². The zero-order valence-electron chi connectivity index (χ0n) is 13.9. The number of rotatable bonds is 5. The lowest BCUT2D eigenvalue weighted by molar-refractivity contribution is -0.123. The predicted molar refractivity (Wildman–Crippen MR) is 89.3 cm³/mol. The lowest BCUT2D eigenvalue weighted by Crippen LogP contribution is -2.47. The van der Waals surface area contributed by atoms with Gasteiger partial charge in [0.2, 0.25) is 11.8 Å². The van der Waals surface area contributed by atoms with Gasteiger partial charge in [-0.15, -0.1) is 0 Å². The van der Waals surface area contributed by atoms with Crippen LogP contribution in [0.2, 0.25) is 0 Å². The molecule has 0 spiro atoms. The van der Waals surface area contributed by atoms with Crippen LogP contribution < -0.4 is 11.1 Å². The quantitative estimate of drug-likeness (QED) is 0.843. The summed E-state index contributed by atoms with van der Waals surface area (Å²) in [5.74, 6) is 0.283. The SMILES string of the molecule is NC(=O)C1CCCN(C(=O)NCc2nc(Cc3ccccc3)no2)C1. The normalized spacial score (nSPS) is 17.3. The number of benzene rings is 1. The molecular formula is C17H21N5O3. The lowest BCUT2D eigenvalue weighted by atomic mass is 9.98. The average Bonchev–Trinajstić information content (AvgIpc) is 3.08. The summed E-state index contributed by atoms with van der Waals surface area (Å²) in [5.41, 5.74) is 6.42. The summed E-state index contributed by atoms with van der Waals surface area (Å²) in [6.07, 6.45) is 2.07. The van der Waals surface area contributed by atoms with Crippen molar-refractivity contribution in [3.05, 3.63) is 47.6 Å². The fourth-order valence-corrected chi connectivity index (χ4v) is 2.87. The molecule has 1 aromatic carbocycles. The zero-order chi connectivity index (χ0) is 17.6. The van der Waals surface area contributed by atoms with E-state index in [-0.39, 0.29) is 24.4 Å². The molecule has 0 aliphatic carbocycles. The van der Waals surface area contributed by atoms with Crippen LogP contribution >= 0.6 is 0 Å². The number of primary amides is 1. The third-order valence-electron chi connectivity index (χ3n) is 4.22. The summed E-state index contributed by atoms with van der Waals surface area (Å²) in [4.78, 5) is 29.4. The van der Waals surface area contributed by atoms with Crippen LogP contribution in [0.1, 0.15) is 30.1 Å². The van der Waals surface area contributed by atoms with Gasteiger partial charge in [-0.1, -0.05) is 35.5 Å². The number of nitrogens with two attached hydrogens (primary N) is 1. The molecule has 8 nitrogen and oxygen atoms in total. The van der Waals surface area contributed by atoms with Gasteiger partial charge in [-0.05, 0) is 18.4 Å². The van der Waals surface area contributed by atoms with Gasteiger partial charge in [0.25, 0.3) is 0 Å². The minimum Gasteiger partial charge on any atom is -0.369 e. The number of piperidine rings is 1. The molecule has 1 unspecified atom stereocenters. The van der Waals surface area contributed by atoms with Gasteiger partial charge in [0.1, 0.15) is 0 Å². The van der Waals surface area contributed by atoms with Crippen LogP contribution in [0.25, 0.3) is 0 Å². The second kappa shape index (κ2) is 7.78. The van der Waals surface area contributed by atoms with Gasteiger partial charge in [-0.25, -0.2) is 4.79 Å². The van der Waals surface area contributed by atoms with Crippen molar-refractivity contribution in [2.45, 2.75) is 25.8 Å². The minimum atomic E-state index is -0.361. The van der Waals surface area contributed by atoms with Crippen molar-refractivity contribution in [1.82, 2.24) is 20.4 Å². The molecular weight excluding hydrogens is 322 g/mol. The molecule has 1 aliphatic rings. The van der Waals surface area contributed by atoms with Crippen molar-refractivity contribution < 1.29 is 14.1 Å². The van der Waals surface area contributed by atoms with E-state index in [1.165, 1.54) is 0 Å². The van der Waals surface area contributed by atoms with E-state index in [1.807, 2.05) is 30.3 Å². The molecule has 0 bridgehead atoms. The smallest absolute Gasteiger partial charge is 0.317 e. The molecule has 3 amide bonds. The first-order valence-electron chi connectivity index (χ1n) is 8.29. The average molecular weight is 343 g/mol. The molecule has 0 radical (unpaired) electrons. The van der Waals surface area contributed by atoms with Crippen molar-refractivity contribution in [2.24, 2.45) is 11.7 Å². The molecule has 132 valence electrons. The van der Waals surface area contributed by atoms with Crippen molar-refractivity contribution in [3.8, 4) is 0 Å². The summed E-state index contributed by atoms with van der Waals surface area (Å²) in [5, 5.41) is 6.67. The Hall–Kier alpha value is -2.90. The first-order chi connectivity index (χ1) is 12.1. The van der Waals surface area contributed by atoms with E-state index in [9.17, 15) is 9.59 Å². The number of nitrogens with one attached hydrogen (secondary N) is 1. The standard InChI is InChI=1S/C17H21N5O3/c18-16(23)13-7-4-8-22(11-13)17(24)19-10-15-20-14(21-25-15)9-12-5-2-1-3-6-12/h1-3,5-6,13H,4,7-11H2,(H2,18,23)(H,19,24). The summed E-state index contributed by atoms with van der Waals surface area (Å²) in [6.45, 7) is 1.11. The van der Waals surface area contributed by atoms with Gasteiger partial charge in [-0.2, -0.15) is 4.98 Å². The summed E-state index contributed by atoms with van der Waals surface area (Å²) in [7, 11) is 0. The largest absolute Gasteiger partial charge is 0.369 e. The highest BCUT2D eigenvalue weighted by atomic mass is 16.5. The van der Waals surface area contributed by atoms with Gasteiger partial charge in [0.05, 0.1) is 12.5 Å². The van der Waals surface area contributed by atoms with Gasteiger partial charge >= 0.3 is 6.03 Å². The van der Waals surface area contributed by atoms with Gasteiger partial charge < -0.3 is 20.5 Å². The maximum Gasteiger partial charge on any atom is 0.317 e. The number of nitrogens with zero attached hydrogens (tertiary/aromatic N) is 3. The van der Waals surface area contributed by atoms with Gasteiger partial charge in [0, 0.05) is 19.5 Å². The Morgan fingerprint density at radius 1 is 1.32 bits per heavy atom. The third-order valence-corrected chi connectivity index (χ3v) is 4.22. The number of likely N-dealkylation sites (tertiary alicyclic amines) is 1. The van der Waals surface area contributed by atoms with Gasteiger partial charge in [0.15, 0.2) is 5.82 Å². The Bertz CT molecular complexity index is 731. The maximum atomic E-state index is 12.2. The van der Waals surface area contributed by atoms with E-state index < -0.39 is 0 Å². The monoisotopic (exact) mass is 343 g/mol. The highest BCUT2D eigenvalue weighted by molar-refractivity contribution is 5.79. The molecule has 1 fully saturated rings. The Morgan fingerprint density at radius 3 is 2.88 bits per heavy atom. The Balaban J connectivity index is 1.50. The highest BCUT2D eigenvalue weighted by Crippen LogP contribution is 2.16. The fraction of sp³-hybridized carbons (Fsp3) is 0.412. The zero-order valence-corrected chi connectivity index (χ0v) is 13.9. The van der Waals surface area contributed by atoms with E-state index in [1.54, 1.807) is 4.90 Å². The number of aromatic nitrogens is 2. The molecule has 0 saturated carbocycles. The number of amides is 3. The Labute approximate surface area is 145 Å². The number of hydrogen-bond acceptors (Lipinski definition) is 5. The molecule has 1 aliphatic heterocycles. The van der Waals surface area contributed by atoms with Crippen molar-refractivity contribution >= 4 is 11.9 Å². The van der Waals surface area contributed by atoms with Crippen LogP contribution in [-0.2, 0) is 17.8 Å². The van der Waals surface area contributed by atoms with E-state index in [0.717, 1.165) is 18.4 Å². The van der Waals surface area contributed by atoms with Crippen LogP contribution in [0, 0.1) is 5.92 Å². The summed E-state index contributed by atoms with van der Waals surface area (Å²) in [6, 6.07) is 9.58. The topological polar surface area (TPSA) is 114 Å². The number of carbonyl (C=O) groups excluding carboxylic acids is 2. The Morgan fingerprint density at radius 2 is 2.12 bits per heavy atom. The van der Waals surface area contributed by atoms with E-state index in [4.69, 9.17) is 10.3 Å². The van der Waals surface area contributed by atoms with Gasteiger partial charge in [-0.3, -0.25) is 4.79 Å². The maximum absolute atomic E-state index is 12.2. The lowest BCUT2D eigenvalue weighted by Gasteiger charge is -2.31. The van der Waals surface area contributed by atoms with Crippen LogP contribution in [0.3, 0.4) is 0 Å². The van der Waals surface area contributed by atoms with E-state index in [2.05, 4.69) is 15.5 Å². The van der Waals surface area contributed by atoms with Crippen LogP contribution in [0.15, 0.2) is 34.9 Å². The molecule has 3 N–H and O–H groups in total. The first-order valence-corrected chi connectivity index (χ1v) is 8.29. The molecule has 2 heterocycles. The molecule has 2 aromatic rings. The third kappa shape index (κ3) is 4.56. The number of carbonyl (C=O) groups is 2. The summed E-state index contributed by atoms with van der Waals surface area (Å²) >= 11 is 0. The predicted octanol–water partition coefficient (Wildman–Crippen LogP) is 1.07. The fourth-order valence-electron chi connectivity index (χ4n) is 2.87. The molecule has 1 aromatic heterocycles. The molecule has 1 atom stereocenters. The highest BCUT2D eigenvalue weighted by Gasteiger charge is 2.27. The van der Waals surface area contributed by atoms with Crippen LogP contribution in [0.4, 0.5) is 4.79 Å². The second-order valence-corrected chi connectivity index (χ2v) is 6.11. The second-order valence-electron chi connectivity index (χ2n) is 6.11. The van der Waals surface area contributed by atoms with Crippen LogP contribution in [-0.4, -0.2) is 40.1 Å². The molecule has 25 heavy (non-hydrogen) atoms. The minimum absolute atomic E-state index is 0.151. The first kappa shape index (κ1) is 16.9. The summed E-state index contributed by atoms with van der Waals surface area (Å²) < 4.78 is 5.17. The molecule has 3 rings (SSSR count). The number of hydrogen-bond donors (Lipinski definition) is 2. The molecule has 1 saturated heterocycles. The molecule has 8 heteroatoms. The van der Waals surface area contributed by atoms with E-state index in [0.29, 0.717) is 31.2 Å². The van der Waals surface area contributed by atoms with E-state index >= 15 is 0 Å². The van der Waals surface area contributed by atoms with Crippen molar-refractivity contribution in [2.75, 3.05) is 13.1 Å². The number of urea groups is 1.